The molecule has 1 amide bonds. The molecule has 1 aromatic rings. The van der Waals surface area contributed by atoms with E-state index in [1.54, 1.807) is 6.07 Å². The highest BCUT2D eigenvalue weighted by molar-refractivity contribution is 7.99. The smallest absolute Gasteiger partial charge is 0.287 e. The van der Waals surface area contributed by atoms with Gasteiger partial charge in [-0.2, -0.15) is 0 Å². The lowest BCUT2D eigenvalue weighted by molar-refractivity contribution is -0.121. The number of carbonyl (C=O) groups is 1. The summed E-state index contributed by atoms with van der Waals surface area (Å²) in [7, 11) is 0. The number of thioether (sulfide) groups is 1. The van der Waals surface area contributed by atoms with Crippen LogP contribution in [0.5, 0.6) is 0 Å². The van der Waals surface area contributed by atoms with Gasteiger partial charge in [-0.1, -0.05) is 11.6 Å². The second-order valence-corrected chi connectivity index (χ2v) is 6.27. The van der Waals surface area contributed by atoms with E-state index in [9.17, 15) is 13.6 Å². The summed E-state index contributed by atoms with van der Waals surface area (Å²) in [6.45, 7) is -2.11. The summed E-state index contributed by atoms with van der Waals surface area (Å²) < 4.78 is 25.9. The van der Waals surface area contributed by atoms with Gasteiger partial charge in [-0.15, -0.1) is 23.1 Å². The van der Waals surface area contributed by atoms with Crippen molar-refractivity contribution in [1.82, 2.24) is 5.32 Å². The second kappa shape index (κ2) is 7.28. The van der Waals surface area contributed by atoms with Crippen molar-refractivity contribution < 1.29 is 18.7 Å². The second-order valence-electron chi connectivity index (χ2n) is 3.49. The van der Waals surface area contributed by atoms with Gasteiger partial charge in [0, 0.05) is 10.6 Å². The molecule has 0 radical (unpaired) electrons. The summed E-state index contributed by atoms with van der Waals surface area (Å²) in [5, 5.41) is 10.4. The molecule has 0 fully saturated rings. The molecule has 0 saturated heterocycles. The van der Waals surface area contributed by atoms with Gasteiger partial charge in [0.2, 0.25) is 5.91 Å². The zero-order chi connectivity index (χ0) is 13.6. The van der Waals surface area contributed by atoms with Gasteiger partial charge >= 0.3 is 0 Å². The molecule has 0 unspecified atom stereocenters. The van der Waals surface area contributed by atoms with Crippen LogP contribution in [0.15, 0.2) is 12.1 Å². The molecule has 0 aliphatic carbocycles. The number of hydrogen-bond acceptors (Lipinski definition) is 4. The highest BCUT2D eigenvalue weighted by atomic mass is 35.5. The van der Waals surface area contributed by atoms with E-state index in [1.807, 2.05) is 6.07 Å². The molecule has 1 aromatic heterocycles. The quantitative estimate of drug-likeness (QED) is 0.812. The van der Waals surface area contributed by atoms with Crippen molar-refractivity contribution in [3.8, 4) is 0 Å². The minimum absolute atomic E-state index is 0.0943. The van der Waals surface area contributed by atoms with Gasteiger partial charge in [-0.25, -0.2) is 8.78 Å². The molecule has 102 valence electrons. The molecule has 0 aromatic carbocycles. The molecule has 8 heteroatoms. The maximum absolute atomic E-state index is 12.6. The fraction of sp³-hybridized carbons (Fsp3) is 0.500. The van der Waals surface area contributed by atoms with Crippen LogP contribution < -0.4 is 5.32 Å². The van der Waals surface area contributed by atoms with Crippen LogP contribution in [-0.2, 0) is 10.5 Å². The fourth-order valence-corrected chi connectivity index (χ4v) is 3.06. The van der Waals surface area contributed by atoms with Crippen LogP contribution in [-0.4, -0.2) is 35.8 Å². The number of alkyl halides is 2. The third-order valence-corrected chi connectivity index (χ3v) is 4.28. The van der Waals surface area contributed by atoms with Gasteiger partial charge < -0.3 is 10.4 Å². The summed E-state index contributed by atoms with van der Waals surface area (Å²) >= 11 is 8.48. The van der Waals surface area contributed by atoms with Crippen LogP contribution in [0.3, 0.4) is 0 Å². The van der Waals surface area contributed by atoms with Crippen LogP contribution in [0.1, 0.15) is 4.88 Å². The van der Waals surface area contributed by atoms with E-state index >= 15 is 0 Å². The Morgan fingerprint density at radius 2 is 2.28 bits per heavy atom. The van der Waals surface area contributed by atoms with Crippen LogP contribution in [0, 0.1) is 0 Å². The molecule has 0 saturated carbocycles. The van der Waals surface area contributed by atoms with Crippen molar-refractivity contribution >= 4 is 40.6 Å². The average Bonchev–Trinajstić information content (AvgIpc) is 2.73. The molecule has 18 heavy (non-hydrogen) atoms. The number of halogens is 3. The maximum Gasteiger partial charge on any atom is 0.287 e. The van der Waals surface area contributed by atoms with Crippen LogP contribution in [0.25, 0.3) is 0 Å². The normalized spacial score (nSPS) is 11.6. The number of amides is 1. The Bertz CT molecular complexity index is 401. The van der Waals surface area contributed by atoms with Gasteiger partial charge in [0.1, 0.15) is 6.61 Å². The van der Waals surface area contributed by atoms with Crippen molar-refractivity contribution in [3.63, 3.8) is 0 Å². The highest BCUT2D eigenvalue weighted by Gasteiger charge is 2.27. The van der Waals surface area contributed by atoms with Crippen LogP contribution in [0.4, 0.5) is 8.78 Å². The molecule has 1 rings (SSSR count). The number of rotatable bonds is 7. The number of aliphatic hydroxyl groups is 1. The number of carbonyl (C=O) groups excluding carboxylic acids is 1. The number of thiophene rings is 1. The Morgan fingerprint density at radius 1 is 1.56 bits per heavy atom. The molecule has 1 heterocycles. The van der Waals surface area contributed by atoms with E-state index in [1.165, 1.54) is 23.1 Å². The van der Waals surface area contributed by atoms with E-state index in [-0.39, 0.29) is 5.75 Å². The first-order valence-electron chi connectivity index (χ1n) is 5.00. The van der Waals surface area contributed by atoms with E-state index in [0.29, 0.717) is 10.1 Å². The standard InChI is InChI=1S/C10H12ClF2NO2S2/c11-8-2-1-7(18-8)3-17-4-9(16)14-5-10(12,13)6-15/h1-2,15H,3-6H2,(H,14,16). The molecule has 0 aliphatic rings. The first kappa shape index (κ1) is 15.7. The third-order valence-electron chi connectivity index (χ3n) is 1.88. The van der Waals surface area contributed by atoms with E-state index in [4.69, 9.17) is 16.7 Å². The summed E-state index contributed by atoms with van der Waals surface area (Å²) in [5.74, 6) is -3.03. The minimum atomic E-state index is -3.26. The Kier molecular flexibility index (Phi) is 6.34. The minimum Gasteiger partial charge on any atom is -0.390 e. The van der Waals surface area contributed by atoms with Crippen LogP contribution >= 0.6 is 34.7 Å². The number of aliphatic hydroxyl groups excluding tert-OH is 1. The summed E-state index contributed by atoms with van der Waals surface area (Å²) in [5.41, 5.74) is 0. The van der Waals surface area contributed by atoms with Crippen molar-refractivity contribution in [2.24, 2.45) is 0 Å². The van der Waals surface area contributed by atoms with Crippen molar-refractivity contribution in [2.45, 2.75) is 11.7 Å². The van der Waals surface area contributed by atoms with Gasteiger partial charge in [0.25, 0.3) is 5.92 Å². The van der Waals surface area contributed by atoms with E-state index in [0.717, 1.165) is 4.88 Å². The van der Waals surface area contributed by atoms with Crippen LogP contribution in [0.2, 0.25) is 4.34 Å². The molecule has 0 aliphatic heterocycles. The Labute approximate surface area is 117 Å². The zero-order valence-electron chi connectivity index (χ0n) is 9.29. The SMILES string of the molecule is O=C(CSCc1ccc(Cl)s1)NCC(F)(F)CO. The maximum atomic E-state index is 12.6. The summed E-state index contributed by atoms with van der Waals surface area (Å²) in [6, 6.07) is 3.63. The Balaban J connectivity index is 2.18. The summed E-state index contributed by atoms with van der Waals surface area (Å²) in [4.78, 5) is 12.3. The third kappa shape index (κ3) is 5.99. The lowest BCUT2D eigenvalue weighted by Gasteiger charge is -2.13. The van der Waals surface area contributed by atoms with Crippen molar-refractivity contribution in [2.75, 3.05) is 18.9 Å². The lowest BCUT2D eigenvalue weighted by Crippen LogP contribution is -2.39. The monoisotopic (exact) mass is 315 g/mol. The molecule has 0 bridgehead atoms. The average molecular weight is 316 g/mol. The Morgan fingerprint density at radius 3 is 2.83 bits per heavy atom. The van der Waals surface area contributed by atoms with E-state index < -0.39 is 25.0 Å². The zero-order valence-corrected chi connectivity index (χ0v) is 11.7. The molecular weight excluding hydrogens is 304 g/mol. The van der Waals surface area contributed by atoms with Crippen molar-refractivity contribution in [3.05, 3.63) is 21.3 Å². The molecule has 2 N–H and O–H groups in total. The van der Waals surface area contributed by atoms with Gasteiger partial charge in [-0.3, -0.25) is 4.79 Å². The van der Waals surface area contributed by atoms with Gasteiger partial charge in [0.05, 0.1) is 16.6 Å². The number of hydrogen-bond donors (Lipinski definition) is 2. The molecule has 0 atom stereocenters. The predicted molar refractivity (Wildman–Crippen MR) is 70.5 cm³/mol. The molecule has 3 nitrogen and oxygen atoms in total. The van der Waals surface area contributed by atoms with E-state index in [2.05, 4.69) is 5.32 Å². The number of nitrogens with one attached hydrogen (secondary N) is 1. The first-order valence-corrected chi connectivity index (χ1v) is 7.35. The van der Waals surface area contributed by atoms with Gasteiger partial charge in [0.15, 0.2) is 0 Å². The van der Waals surface area contributed by atoms with Crippen molar-refractivity contribution in [1.29, 1.82) is 0 Å². The topological polar surface area (TPSA) is 49.3 Å². The molecule has 0 spiro atoms. The molecular formula is C10H12ClF2NO2S2. The summed E-state index contributed by atoms with van der Waals surface area (Å²) in [6.07, 6.45) is 0. The van der Waals surface area contributed by atoms with Gasteiger partial charge in [-0.05, 0) is 12.1 Å². The first-order chi connectivity index (χ1) is 8.43. The highest BCUT2D eigenvalue weighted by Crippen LogP contribution is 2.25. The lowest BCUT2D eigenvalue weighted by atomic mass is 10.3. The Hall–Kier alpha value is -0.370. The fourth-order valence-electron chi connectivity index (χ4n) is 1.01. The largest absolute Gasteiger partial charge is 0.390 e. The predicted octanol–water partition coefficient (Wildman–Crippen LogP) is 2.38.